The maximum absolute atomic E-state index is 13.3. The molecule has 0 fully saturated rings. The Bertz CT molecular complexity index is 1170. The molecule has 2 heterocycles. The number of amides is 1. The molecule has 29 heavy (non-hydrogen) atoms. The van der Waals surface area contributed by atoms with Gasteiger partial charge in [-0.1, -0.05) is 11.6 Å². The lowest BCUT2D eigenvalue weighted by atomic mass is 10.1. The number of nitrogens with zero attached hydrogens (tertiary/aromatic N) is 3. The normalized spacial score (nSPS) is 11.8. The van der Waals surface area contributed by atoms with Crippen LogP contribution in [0.3, 0.4) is 0 Å². The quantitative estimate of drug-likeness (QED) is 0.639. The van der Waals surface area contributed by atoms with E-state index < -0.39 is 29.0 Å². The predicted octanol–water partition coefficient (Wildman–Crippen LogP) is 3.88. The molecule has 0 saturated heterocycles. The van der Waals surface area contributed by atoms with Crippen LogP contribution < -0.4 is 10.9 Å². The van der Waals surface area contributed by atoms with Crippen molar-refractivity contribution < 1.29 is 22.4 Å². The van der Waals surface area contributed by atoms with E-state index in [1.54, 1.807) is 0 Å². The first kappa shape index (κ1) is 20.8. The van der Waals surface area contributed by atoms with Gasteiger partial charge in [0.25, 0.3) is 5.56 Å². The van der Waals surface area contributed by atoms with E-state index in [0.717, 1.165) is 10.6 Å². The van der Waals surface area contributed by atoms with Crippen LogP contribution in [0.15, 0.2) is 29.1 Å². The number of carbonyl (C=O) groups is 1. The summed E-state index contributed by atoms with van der Waals surface area (Å²) in [6, 6.07) is 4.12. The number of carbonyl (C=O) groups excluding carboxylic acids is 1. The van der Waals surface area contributed by atoms with Crippen molar-refractivity contribution in [1.29, 1.82) is 0 Å². The van der Waals surface area contributed by atoms with E-state index in [4.69, 9.17) is 11.6 Å². The van der Waals surface area contributed by atoms with Crippen LogP contribution in [-0.2, 0) is 24.6 Å². The fourth-order valence-electron chi connectivity index (χ4n) is 2.92. The van der Waals surface area contributed by atoms with E-state index in [0.29, 0.717) is 6.07 Å². The topological polar surface area (TPSA) is 68.9 Å². The number of aromatic nitrogens is 3. The van der Waals surface area contributed by atoms with Gasteiger partial charge in [0.05, 0.1) is 16.0 Å². The fraction of sp³-hybridized carbons (Fsp3) is 0.278. The number of hydrogen-bond acceptors (Lipinski definition) is 3. The third-order valence-electron chi connectivity index (χ3n) is 4.45. The van der Waals surface area contributed by atoms with Gasteiger partial charge in [-0.3, -0.25) is 18.8 Å². The summed E-state index contributed by atoms with van der Waals surface area (Å²) >= 11 is 5.65. The maximum Gasteiger partial charge on any atom is 0.417 e. The van der Waals surface area contributed by atoms with Gasteiger partial charge in [-0.15, -0.1) is 0 Å². The average Bonchev–Trinajstić information content (AvgIpc) is 2.91. The molecule has 2 aromatic heterocycles. The highest BCUT2D eigenvalue weighted by atomic mass is 35.5. The summed E-state index contributed by atoms with van der Waals surface area (Å²) in [5, 5.41) is 6.15. The Labute approximate surface area is 166 Å². The fourth-order valence-corrected chi connectivity index (χ4v) is 3.10. The zero-order valence-corrected chi connectivity index (χ0v) is 16.0. The highest BCUT2D eigenvalue weighted by Gasteiger charge is 2.35. The number of alkyl halides is 3. The van der Waals surface area contributed by atoms with Crippen molar-refractivity contribution in [3.8, 4) is 0 Å². The number of nitrogens with one attached hydrogen (secondary N) is 1. The SMILES string of the molecule is Cc1c2c(C(F)(F)F)cc(=O)n(CCC(=O)Nc3ccc(F)c(Cl)c3)c2nn1C. The van der Waals surface area contributed by atoms with Crippen molar-refractivity contribution in [2.45, 2.75) is 26.1 Å². The minimum atomic E-state index is -4.72. The second-order valence-corrected chi connectivity index (χ2v) is 6.79. The van der Waals surface area contributed by atoms with E-state index >= 15 is 0 Å². The van der Waals surface area contributed by atoms with Gasteiger partial charge in [0.2, 0.25) is 5.91 Å². The Hall–Kier alpha value is -2.88. The van der Waals surface area contributed by atoms with Gasteiger partial charge in [0.1, 0.15) is 5.82 Å². The molecule has 1 amide bonds. The van der Waals surface area contributed by atoms with Crippen molar-refractivity contribution in [1.82, 2.24) is 14.3 Å². The Morgan fingerprint density at radius 1 is 1.28 bits per heavy atom. The summed E-state index contributed by atoms with van der Waals surface area (Å²) in [4.78, 5) is 24.5. The van der Waals surface area contributed by atoms with E-state index in [1.165, 1.54) is 30.8 Å². The van der Waals surface area contributed by atoms with Crippen molar-refractivity contribution in [2.24, 2.45) is 7.05 Å². The molecule has 1 N–H and O–H groups in total. The van der Waals surface area contributed by atoms with Crippen LogP contribution in [0.2, 0.25) is 5.02 Å². The molecule has 1 aromatic carbocycles. The molecule has 0 bridgehead atoms. The van der Waals surface area contributed by atoms with E-state index in [1.807, 2.05) is 0 Å². The van der Waals surface area contributed by atoms with Gasteiger partial charge in [-0.05, 0) is 25.1 Å². The first-order chi connectivity index (χ1) is 13.5. The molecule has 154 valence electrons. The monoisotopic (exact) mass is 430 g/mol. The van der Waals surface area contributed by atoms with Crippen molar-refractivity contribution in [3.05, 3.63) is 56.7 Å². The molecular formula is C18H15ClF4N4O2. The first-order valence-electron chi connectivity index (χ1n) is 8.38. The minimum Gasteiger partial charge on any atom is -0.326 e. The van der Waals surface area contributed by atoms with Crippen molar-refractivity contribution >= 4 is 34.2 Å². The second-order valence-electron chi connectivity index (χ2n) is 6.38. The molecule has 0 atom stereocenters. The summed E-state index contributed by atoms with van der Waals surface area (Å²) in [7, 11) is 1.47. The van der Waals surface area contributed by atoms with Crippen LogP contribution in [0.5, 0.6) is 0 Å². The number of hydrogen-bond donors (Lipinski definition) is 1. The first-order valence-corrected chi connectivity index (χ1v) is 8.76. The molecule has 0 unspecified atom stereocenters. The van der Waals surface area contributed by atoms with Crippen molar-refractivity contribution in [2.75, 3.05) is 5.32 Å². The van der Waals surface area contributed by atoms with Crippen LogP contribution in [0, 0.1) is 12.7 Å². The van der Waals surface area contributed by atoms with Gasteiger partial charge >= 0.3 is 6.18 Å². The van der Waals surface area contributed by atoms with Crippen LogP contribution in [0.4, 0.5) is 23.2 Å². The molecule has 0 radical (unpaired) electrons. The number of fused-ring (bicyclic) bond motifs is 1. The molecule has 0 spiro atoms. The Morgan fingerprint density at radius 2 is 1.97 bits per heavy atom. The summed E-state index contributed by atoms with van der Waals surface area (Å²) in [6.07, 6.45) is -4.94. The van der Waals surface area contributed by atoms with Gasteiger partial charge in [-0.2, -0.15) is 18.3 Å². The van der Waals surface area contributed by atoms with Crippen LogP contribution in [-0.4, -0.2) is 20.3 Å². The lowest BCUT2D eigenvalue weighted by Crippen LogP contribution is -2.25. The predicted molar refractivity (Wildman–Crippen MR) is 99.4 cm³/mol. The number of pyridine rings is 1. The number of benzene rings is 1. The molecule has 11 heteroatoms. The smallest absolute Gasteiger partial charge is 0.326 e. The largest absolute Gasteiger partial charge is 0.417 e. The van der Waals surface area contributed by atoms with Gasteiger partial charge in [-0.25, -0.2) is 4.39 Å². The third-order valence-corrected chi connectivity index (χ3v) is 4.74. The molecule has 0 saturated carbocycles. The number of anilines is 1. The second kappa shape index (κ2) is 7.51. The summed E-state index contributed by atoms with van der Waals surface area (Å²) in [5.74, 6) is -1.17. The third kappa shape index (κ3) is 4.12. The molecule has 0 aliphatic heterocycles. The molecular weight excluding hydrogens is 416 g/mol. The minimum absolute atomic E-state index is 0.151. The summed E-state index contributed by atoms with van der Waals surface area (Å²) in [5.41, 5.74) is -1.64. The van der Waals surface area contributed by atoms with E-state index in [2.05, 4.69) is 10.4 Å². The average molecular weight is 431 g/mol. The lowest BCUT2D eigenvalue weighted by Gasteiger charge is -2.12. The number of aryl methyl sites for hydroxylation is 3. The number of rotatable bonds is 4. The zero-order chi connectivity index (χ0) is 21.5. The molecule has 0 aliphatic carbocycles. The van der Waals surface area contributed by atoms with Crippen molar-refractivity contribution in [3.63, 3.8) is 0 Å². The van der Waals surface area contributed by atoms with Gasteiger partial charge in [0.15, 0.2) is 5.65 Å². The zero-order valence-electron chi connectivity index (χ0n) is 15.3. The van der Waals surface area contributed by atoms with E-state index in [9.17, 15) is 27.2 Å². The van der Waals surface area contributed by atoms with Crippen LogP contribution in [0.25, 0.3) is 11.0 Å². The maximum atomic E-state index is 13.3. The van der Waals surface area contributed by atoms with Crippen LogP contribution >= 0.6 is 11.6 Å². The standard InChI is InChI=1S/C18H15ClF4N4O2/c1-9-16-11(18(21,22)23)8-15(29)27(17(16)25-26(9)2)6-5-14(28)24-10-3-4-13(20)12(19)7-10/h3-4,7-8H,5-6H2,1-2H3,(H,24,28). The van der Waals surface area contributed by atoms with Gasteiger partial charge < -0.3 is 5.32 Å². The lowest BCUT2D eigenvalue weighted by molar-refractivity contribution is -0.136. The van der Waals surface area contributed by atoms with Gasteiger partial charge in [0, 0.05) is 37.5 Å². The molecule has 6 nitrogen and oxygen atoms in total. The molecule has 3 aromatic rings. The van der Waals surface area contributed by atoms with Crippen LogP contribution in [0.1, 0.15) is 17.7 Å². The Kier molecular flexibility index (Phi) is 5.40. The molecule has 0 aliphatic rings. The summed E-state index contributed by atoms with van der Waals surface area (Å²) < 4.78 is 55.5. The Morgan fingerprint density at radius 3 is 2.59 bits per heavy atom. The number of halogens is 5. The highest BCUT2D eigenvalue weighted by Crippen LogP contribution is 2.35. The highest BCUT2D eigenvalue weighted by molar-refractivity contribution is 6.31. The summed E-state index contributed by atoms with van der Waals surface area (Å²) in [6.45, 7) is 1.27. The Balaban J connectivity index is 1.89. The molecule has 3 rings (SSSR count). The van der Waals surface area contributed by atoms with E-state index in [-0.39, 0.29) is 40.4 Å².